The van der Waals surface area contributed by atoms with E-state index in [2.05, 4.69) is 28.1 Å². The molecule has 0 spiro atoms. The standard InChI is InChI=1S/C35H39FN6O5S/c1-3-39-19-21-40(22-20-39)27-15-17-41(18-16-27)34(44)38-35(29-7-5-6-8-32(29)47-4-2)30-23-25(24-37)9-14-31(30)42(33(35)43)48(45,46)28-12-10-26(36)11-13-28/h5-14,23,27H,3-4,15-22H2,1-2H3,(H,38,44). The summed E-state index contributed by atoms with van der Waals surface area (Å²) in [6, 6.07) is 16.9. The molecule has 11 nitrogen and oxygen atoms in total. The highest BCUT2D eigenvalue weighted by Crippen LogP contribution is 2.49. The first-order chi connectivity index (χ1) is 23.1. The minimum atomic E-state index is -4.61. The maximum Gasteiger partial charge on any atom is 0.318 e. The van der Waals surface area contributed by atoms with Gasteiger partial charge in [0.2, 0.25) is 0 Å². The molecular formula is C35H39FN6O5S. The summed E-state index contributed by atoms with van der Waals surface area (Å²) >= 11 is 0. The van der Waals surface area contributed by atoms with Gasteiger partial charge in [-0.2, -0.15) is 9.57 Å². The molecule has 3 aliphatic heterocycles. The van der Waals surface area contributed by atoms with E-state index < -0.39 is 33.3 Å². The van der Waals surface area contributed by atoms with Crippen molar-refractivity contribution < 1.29 is 27.1 Å². The third-order valence-electron chi connectivity index (χ3n) is 9.61. The van der Waals surface area contributed by atoms with E-state index in [4.69, 9.17) is 4.74 Å². The zero-order valence-electron chi connectivity index (χ0n) is 27.1. The molecule has 3 aliphatic rings. The van der Waals surface area contributed by atoms with Gasteiger partial charge in [-0.1, -0.05) is 25.1 Å². The molecule has 0 aliphatic carbocycles. The lowest BCUT2D eigenvalue weighted by molar-refractivity contribution is -0.121. The number of para-hydroxylation sites is 1. The van der Waals surface area contributed by atoms with E-state index in [1.165, 1.54) is 18.2 Å². The number of likely N-dealkylation sites (N-methyl/N-ethyl adjacent to an activating group) is 1. The molecule has 1 atom stereocenters. The predicted molar refractivity (Wildman–Crippen MR) is 177 cm³/mol. The maximum absolute atomic E-state index is 14.9. The predicted octanol–water partition coefficient (Wildman–Crippen LogP) is 3.89. The van der Waals surface area contributed by atoms with E-state index in [0.717, 1.165) is 69.8 Å². The van der Waals surface area contributed by atoms with Gasteiger partial charge < -0.3 is 19.9 Å². The van der Waals surface area contributed by atoms with Crippen LogP contribution in [0.2, 0.25) is 0 Å². The summed E-state index contributed by atoms with van der Waals surface area (Å²) in [4.78, 5) is 35.5. The fraction of sp³-hybridized carbons (Fsp3) is 0.400. The largest absolute Gasteiger partial charge is 0.493 e. The number of ether oxygens (including phenoxy) is 1. The first-order valence-electron chi connectivity index (χ1n) is 16.3. The molecule has 0 saturated carbocycles. The lowest BCUT2D eigenvalue weighted by Crippen LogP contribution is -2.59. The number of piperidine rings is 1. The van der Waals surface area contributed by atoms with Gasteiger partial charge in [0.05, 0.1) is 28.8 Å². The summed E-state index contributed by atoms with van der Waals surface area (Å²) in [5.41, 5.74) is -1.60. The number of piperazine rings is 1. The van der Waals surface area contributed by atoms with Gasteiger partial charge in [0, 0.05) is 56.4 Å². The van der Waals surface area contributed by atoms with Crippen molar-refractivity contribution in [1.82, 2.24) is 20.0 Å². The van der Waals surface area contributed by atoms with Crippen molar-refractivity contribution in [2.24, 2.45) is 0 Å². The number of nitriles is 1. The second-order valence-electron chi connectivity index (χ2n) is 12.2. The number of anilines is 1. The number of carbonyl (C=O) groups is 2. The van der Waals surface area contributed by atoms with Crippen LogP contribution in [-0.2, 0) is 20.4 Å². The number of urea groups is 1. The Morgan fingerprint density at radius 3 is 2.31 bits per heavy atom. The minimum Gasteiger partial charge on any atom is -0.493 e. The Labute approximate surface area is 280 Å². The first-order valence-corrected chi connectivity index (χ1v) is 17.7. The van der Waals surface area contributed by atoms with Crippen molar-refractivity contribution in [2.75, 3.05) is 56.7 Å². The van der Waals surface area contributed by atoms with Crippen molar-refractivity contribution in [3.8, 4) is 11.8 Å². The lowest BCUT2D eigenvalue weighted by Gasteiger charge is -2.43. The third kappa shape index (κ3) is 5.89. The summed E-state index contributed by atoms with van der Waals surface area (Å²) in [6.07, 6.45) is 1.52. The van der Waals surface area contributed by atoms with Gasteiger partial charge in [-0.3, -0.25) is 9.69 Å². The summed E-state index contributed by atoms with van der Waals surface area (Å²) in [5, 5.41) is 12.8. The van der Waals surface area contributed by atoms with Gasteiger partial charge in [-0.15, -0.1) is 0 Å². The molecule has 0 aromatic heterocycles. The first kappa shape index (κ1) is 33.4. The average molecular weight is 675 g/mol. The van der Waals surface area contributed by atoms with Crippen LogP contribution in [0.4, 0.5) is 14.9 Å². The Morgan fingerprint density at radius 2 is 1.67 bits per heavy atom. The SMILES string of the molecule is CCOc1ccccc1C1(NC(=O)N2CCC(N3CCN(CC)CC3)CC2)C(=O)N(S(=O)(=O)c2ccc(F)cc2)c2ccc(C#N)cc21. The number of hydrogen-bond donors (Lipinski definition) is 1. The molecule has 3 aromatic rings. The van der Waals surface area contributed by atoms with Gasteiger partial charge in [0.15, 0.2) is 5.54 Å². The molecule has 3 aromatic carbocycles. The van der Waals surface area contributed by atoms with Crippen LogP contribution in [0, 0.1) is 17.1 Å². The molecule has 13 heteroatoms. The monoisotopic (exact) mass is 674 g/mol. The van der Waals surface area contributed by atoms with Gasteiger partial charge >= 0.3 is 6.03 Å². The second-order valence-corrected chi connectivity index (χ2v) is 14.0. The van der Waals surface area contributed by atoms with Crippen LogP contribution < -0.4 is 14.4 Å². The number of amides is 3. The zero-order valence-corrected chi connectivity index (χ0v) is 27.9. The number of halogens is 1. The topological polar surface area (TPSA) is 126 Å². The number of nitrogens with zero attached hydrogens (tertiary/aromatic N) is 5. The molecule has 2 fully saturated rings. The molecule has 0 radical (unpaired) electrons. The van der Waals surface area contributed by atoms with Crippen molar-refractivity contribution in [3.05, 3.63) is 89.2 Å². The molecule has 2 saturated heterocycles. The second kappa shape index (κ2) is 13.5. The van der Waals surface area contributed by atoms with E-state index in [1.807, 2.05) is 0 Å². The Balaban J connectivity index is 1.40. The van der Waals surface area contributed by atoms with Crippen molar-refractivity contribution in [3.63, 3.8) is 0 Å². The summed E-state index contributed by atoms with van der Waals surface area (Å²) in [6.45, 7) is 10.1. The van der Waals surface area contributed by atoms with E-state index in [0.29, 0.717) is 23.4 Å². The normalized spacial score (nSPS) is 20.8. The molecule has 1 unspecified atom stereocenters. The van der Waals surface area contributed by atoms with Crippen LogP contribution in [0.1, 0.15) is 43.4 Å². The molecule has 3 heterocycles. The van der Waals surface area contributed by atoms with Crippen LogP contribution in [0.5, 0.6) is 5.75 Å². The maximum atomic E-state index is 14.9. The molecule has 48 heavy (non-hydrogen) atoms. The summed E-state index contributed by atoms with van der Waals surface area (Å²) in [7, 11) is -4.61. The van der Waals surface area contributed by atoms with E-state index in [-0.39, 0.29) is 39.6 Å². The van der Waals surface area contributed by atoms with Gasteiger partial charge in [0.1, 0.15) is 11.6 Å². The van der Waals surface area contributed by atoms with Crippen molar-refractivity contribution in [2.45, 2.75) is 43.2 Å². The Kier molecular flexibility index (Phi) is 9.42. The molecule has 3 amide bonds. The third-order valence-corrected chi connectivity index (χ3v) is 11.3. The number of rotatable bonds is 8. The Bertz CT molecular complexity index is 1830. The van der Waals surface area contributed by atoms with Gasteiger partial charge in [-0.05, 0) is 74.8 Å². The number of likely N-dealkylation sites (tertiary alicyclic amines) is 1. The molecular weight excluding hydrogens is 635 g/mol. The van der Waals surface area contributed by atoms with Crippen molar-refractivity contribution in [1.29, 1.82) is 5.26 Å². The van der Waals surface area contributed by atoms with Gasteiger partial charge in [-0.25, -0.2) is 17.6 Å². The van der Waals surface area contributed by atoms with Gasteiger partial charge in [0.25, 0.3) is 15.9 Å². The van der Waals surface area contributed by atoms with Crippen LogP contribution >= 0.6 is 0 Å². The summed E-state index contributed by atoms with van der Waals surface area (Å²) < 4.78 is 48.7. The van der Waals surface area contributed by atoms with Crippen LogP contribution in [0.15, 0.2) is 71.6 Å². The molecule has 252 valence electrons. The highest BCUT2D eigenvalue weighted by Gasteiger charge is 2.58. The van der Waals surface area contributed by atoms with E-state index in [1.54, 1.807) is 36.1 Å². The Morgan fingerprint density at radius 1 is 0.979 bits per heavy atom. The lowest BCUT2D eigenvalue weighted by atomic mass is 9.82. The summed E-state index contributed by atoms with van der Waals surface area (Å²) in [5.74, 6) is -1.34. The highest BCUT2D eigenvalue weighted by molar-refractivity contribution is 7.93. The number of carbonyl (C=O) groups excluding carboxylic acids is 2. The van der Waals surface area contributed by atoms with E-state index in [9.17, 15) is 27.7 Å². The average Bonchev–Trinajstić information content (AvgIpc) is 3.36. The molecule has 1 N–H and O–H groups in total. The molecule has 6 rings (SSSR count). The molecule has 0 bridgehead atoms. The highest BCUT2D eigenvalue weighted by atomic mass is 32.2. The number of fused-ring (bicyclic) bond motifs is 1. The quantitative estimate of drug-likeness (QED) is 0.382. The minimum absolute atomic E-state index is 0.0279. The number of nitrogens with one attached hydrogen (secondary N) is 1. The Hall–Kier alpha value is -4.51. The fourth-order valence-electron chi connectivity index (χ4n) is 7.04. The van der Waals surface area contributed by atoms with Crippen molar-refractivity contribution >= 4 is 27.6 Å². The van der Waals surface area contributed by atoms with Crippen LogP contribution in [0.3, 0.4) is 0 Å². The smallest absolute Gasteiger partial charge is 0.318 e. The van der Waals surface area contributed by atoms with E-state index >= 15 is 0 Å². The van der Waals surface area contributed by atoms with Crippen LogP contribution in [0.25, 0.3) is 0 Å². The fourth-order valence-corrected chi connectivity index (χ4v) is 8.50. The number of hydrogen-bond acceptors (Lipinski definition) is 8. The number of sulfonamides is 1. The van der Waals surface area contributed by atoms with Crippen LogP contribution in [-0.4, -0.2) is 93.5 Å². The zero-order chi connectivity index (χ0) is 34.1. The number of benzene rings is 3.